The maximum absolute atomic E-state index is 11.6. The van der Waals surface area contributed by atoms with E-state index < -0.39 is 0 Å². The summed E-state index contributed by atoms with van der Waals surface area (Å²) in [6.07, 6.45) is 12.9. The van der Waals surface area contributed by atoms with E-state index in [2.05, 4.69) is 9.80 Å². The largest absolute Gasteiger partial charge is 0.303 e. The first-order valence-electron chi connectivity index (χ1n) is 8.74. The highest BCUT2D eigenvalue weighted by atomic mass is 16.1. The molecule has 0 bridgehead atoms. The number of carbonyl (C=O) groups is 1. The van der Waals surface area contributed by atoms with Gasteiger partial charge in [0.1, 0.15) is 6.29 Å². The van der Waals surface area contributed by atoms with Crippen molar-refractivity contribution in [3.63, 3.8) is 0 Å². The molecule has 3 fully saturated rings. The maximum atomic E-state index is 11.6. The van der Waals surface area contributed by atoms with E-state index in [-0.39, 0.29) is 5.41 Å². The van der Waals surface area contributed by atoms with E-state index in [1.165, 1.54) is 77.4 Å². The molecule has 2 saturated heterocycles. The lowest BCUT2D eigenvalue weighted by Gasteiger charge is -2.36. The van der Waals surface area contributed by atoms with Gasteiger partial charge in [0.05, 0.1) is 0 Å². The highest BCUT2D eigenvalue weighted by Gasteiger charge is 2.37. The molecule has 1 aliphatic carbocycles. The van der Waals surface area contributed by atoms with Gasteiger partial charge in [0.2, 0.25) is 0 Å². The van der Waals surface area contributed by atoms with Gasteiger partial charge in [0.15, 0.2) is 0 Å². The molecule has 0 spiro atoms. The van der Waals surface area contributed by atoms with Crippen molar-refractivity contribution in [1.29, 1.82) is 0 Å². The van der Waals surface area contributed by atoms with Crippen LogP contribution in [0.4, 0.5) is 0 Å². The molecule has 3 nitrogen and oxygen atoms in total. The number of carbonyl (C=O) groups excluding carboxylic acids is 1. The van der Waals surface area contributed by atoms with Crippen LogP contribution in [0.2, 0.25) is 0 Å². The molecule has 2 heterocycles. The first-order valence-corrected chi connectivity index (χ1v) is 8.74. The zero-order chi connectivity index (χ0) is 13.8. The quantitative estimate of drug-likeness (QED) is 0.739. The summed E-state index contributed by atoms with van der Waals surface area (Å²) < 4.78 is 0. The third kappa shape index (κ3) is 3.25. The van der Waals surface area contributed by atoms with Gasteiger partial charge in [-0.05, 0) is 51.7 Å². The van der Waals surface area contributed by atoms with Crippen molar-refractivity contribution in [2.75, 3.05) is 32.7 Å². The summed E-state index contributed by atoms with van der Waals surface area (Å²) in [5.74, 6) is 0. The highest BCUT2D eigenvalue weighted by molar-refractivity contribution is 5.60. The van der Waals surface area contributed by atoms with Crippen LogP contribution in [0.25, 0.3) is 0 Å². The predicted octanol–water partition coefficient (Wildman–Crippen LogP) is 2.70. The van der Waals surface area contributed by atoms with Crippen LogP contribution in [0.3, 0.4) is 0 Å². The molecule has 0 aromatic carbocycles. The van der Waals surface area contributed by atoms with Crippen molar-refractivity contribution >= 4 is 6.29 Å². The van der Waals surface area contributed by atoms with Gasteiger partial charge in [-0.25, -0.2) is 0 Å². The number of hydrogen-bond acceptors (Lipinski definition) is 3. The van der Waals surface area contributed by atoms with Gasteiger partial charge in [0, 0.05) is 24.5 Å². The third-order valence-electron chi connectivity index (χ3n) is 5.79. The summed E-state index contributed by atoms with van der Waals surface area (Å²) >= 11 is 0. The Morgan fingerprint density at radius 1 is 0.950 bits per heavy atom. The lowest BCUT2D eigenvalue weighted by Crippen LogP contribution is -2.43. The molecule has 3 rings (SSSR count). The van der Waals surface area contributed by atoms with E-state index in [1.807, 2.05) is 0 Å². The molecule has 0 radical (unpaired) electrons. The van der Waals surface area contributed by atoms with Crippen molar-refractivity contribution in [1.82, 2.24) is 9.80 Å². The highest BCUT2D eigenvalue weighted by Crippen LogP contribution is 2.36. The molecule has 0 aromatic rings. The SMILES string of the molecule is O=CC1(CN2CCC(N3CCCCC3)C2)CCCCC1. The molecule has 2 aliphatic heterocycles. The summed E-state index contributed by atoms with van der Waals surface area (Å²) in [5, 5.41) is 0. The first-order chi connectivity index (χ1) is 9.81. The second kappa shape index (κ2) is 6.57. The molecule has 0 N–H and O–H groups in total. The van der Waals surface area contributed by atoms with Crippen LogP contribution in [-0.2, 0) is 4.79 Å². The van der Waals surface area contributed by atoms with Gasteiger partial charge in [-0.15, -0.1) is 0 Å². The lowest BCUT2D eigenvalue weighted by molar-refractivity contribution is -0.119. The second-order valence-corrected chi connectivity index (χ2v) is 7.32. The minimum Gasteiger partial charge on any atom is -0.303 e. The Balaban J connectivity index is 1.52. The Morgan fingerprint density at radius 2 is 1.65 bits per heavy atom. The van der Waals surface area contributed by atoms with Crippen LogP contribution < -0.4 is 0 Å². The van der Waals surface area contributed by atoms with Crippen LogP contribution in [0.15, 0.2) is 0 Å². The van der Waals surface area contributed by atoms with Crippen LogP contribution >= 0.6 is 0 Å². The Labute approximate surface area is 123 Å². The Morgan fingerprint density at radius 3 is 2.35 bits per heavy atom. The van der Waals surface area contributed by atoms with E-state index in [1.54, 1.807) is 0 Å². The van der Waals surface area contributed by atoms with Crippen molar-refractivity contribution in [2.24, 2.45) is 5.41 Å². The van der Waals surface area contributed by atoms with Crippen molar-refractivity contribution < 1.29 is 4.79 Å². The summed E-state index contributed by atoms with van der Waals surface area (Å²) in [7, 11) is 0. The van der Waals surface area contributed by atoms with Gasteiger partial charge in [-0.1, -0.05) is 25.7 Å². The van der Waals surface area contributed by atoms with E-state index in [0.29, 0.717) is 0 Å². The van der Waals surface area contributed by atoms with Gasteiger partial charge in [-0.2, -0.15) is 0 Å². The number of nitrogens with zero attached hydrogens (tertiary/aromatic N) is 2. The molecule has 1 atom stereocenters. The van der Waals surface area contributed by atoms with Crippen molar-refractivity contribution in [3.8, 4) is 0 Å². The second-order valence-electron chi connectivity index (χ2n) is 7.32. The molecular weight excluding hydrogens is 248 g/mol. The van der Waals surface area contributed by atoms with Crippen LogP contribution in [-0.4, -0.2) is 54.9 Å². The molecule has 20 heavy (non-hydrogen) atoms. The van der Waals surface area contributed by atoms with Gasteiger partial charge < -0.3 is 9.69 Å². The zero-order valence-electron chi connectivity index (χ0n) is 12.9. The molecular formula is C17H30N2O. The maximum Gasteiger partial charge on any atom is 0.127 e. The summed E-state index contributed by atoms with van der Waals surface area (Å²) in [6, 6.07) is 0.766. The van der Waals surface area contributed by atoms with Crippen LogP contribution in [0, 0.1) is 5.41 Å². The number of likely N-dealkylation sites (tertiary alicyclic amines) is 2. The molecule has 0 aromatic heterocycles. The Hall–Kier alpha value is -0.410. The van der Waals surface area contributed by atoms with Crippen LogP contribution in [0.5, 0.6) is 0 Å². The summed E-state index contributed by atoms with van der Waals surface area (Å²) in [4.78, 5) is 16.9. The Kier molecular flexibility index (Phi) is 4.77. The molecule has 114 valence electrons. The zero-order valence-corrected chi connectivity index (χ0v) is 12.9. The summed E-state index contributed by atoms with van der Waals surface area (Å²) in [6.45, 7) is 6.04. The monoisotopic (exact) mass is 278 g/mol. The number of hydrogen-bond donors (Lipinski definition) is 0. The van der Waals surface area contributed by atoms with E-state index in [9.17, 15) is 4.79 Å². The minimum absolute atomic E-state index is 0.00492. The topological polar surface area (TPSA) is 23.6 Å². The summed E-state index contributed by atoms with van der Waals surface area (Å²) in [5.41, 5.74) is -0.00492. The average Bonchev–Trinajstić information content (AvgIpc) is 2.97. The smallest absolute Gasteiger partial charge is 0.127 e. The van der Waals surface area contributed by atoms with Gasteiger partial charge in [-0.3, -0.25) is 4.90 Å². The normalized spacial score (nSPS) is 32.3. The Bertz CT molecular complexity index is 319. The van der Waals surface area contributed by atoms with Gasteiger partial charge in [0.25, 0.3) is 0 Å². The number of aldehydes is 1. The fraction of sp³-hybridized carbons (Fsp3) is 0.941. The van der Waals surface area contributed by atoms with E-state index >= 15 is 0 Å². The molecule has 0 amide bonds. The number of rotatable bonds is 4. The molecule has 1 unspecified atom stereocenters. The third-order valence-corrected chi connectivity index (χ3v) is 5.79. The molecule has 3 aliphatic rings. The molecule has 1 saturated carbocycles. The van der Waals surface area contributed by atoms with E-state index in [4.69, 9.17) is 0 Å². The fourth-order valence-electron chi connectivity index (χ4n) is 4.55. The first kappa shape index (κ1) is 14.5. The minimum atomic E-state index is -0.00492. The number of piperidine rings is 1. The fourth-order valence-corrected chi connectivity index (χ4v) is 4.55. The van der Waals surface area contributed by atoms with Crippen LogP contribution in [0.1, 0.15) is 57.8 Å². The van der Waals surface area contributed by atoms with Crippen molar-refractivity contribution in [2.45, 2.75) is 63.8 Å². The van der Waals surface area contributed by atoms with Crippen molar-refractivity contribution in [3.05, 3.63) is 0 Å². The predicted molar refractivity (Wildman–Crippen MR) is 81.9 cm³/mol. The van der Waals surface area contributed by atoms with Gasteiger partial charge >= 0.3 is 0 Å². The average molecular weight is 278 g/mol. The lowest BCUT2D eigenvalue weighted by atomic mass is 9.75. The molecule has 3 heteroatoms. The standard InChI is InChI=1S/C17H30N2O/c20-15-17(8-3-1-4-9-17)14-18-12-7-16(13-18)19-10-5-2-6-11-19/h15-16H,1-14H2. The van der Waals surface area contributed by atoms with E-state index in [0.717, 1.165) is 25.4 Å².